The van der Waals surface area contributed by atoms with Crippen LogP contribution >= 0.6 is 0 Å². The van der Waals surface area contributed by atoms with Gasteiger partial charge in [-0.2, -0.15) is 0 Å². The fraction of sp³-hybridized carbons (Fsp3) is 0.773. The van der Waals surface area contributed by atoms with E-state index in [4.69, 9.17) is 18.9 Å². The molecule has 0 aromatic rings. The Hall–Kier alpha value is -1.89. The third-order valence-corrected chi connectivity index (χ3v) is 6.19. The Balaban J connectivity index is 1.55. The van der Waals surface area contributed by atoms with E-state index >= 15 is 0 Å². The molecule has 0 N–H and O–H groups in total. The van der Waals surface area contributed by atoms with Gasteiger partial charge in [-0.05, 0) is 63.2 Å². The summed E-state index contributed by atoms with van der Waals surface area (Å²) < 4.78 is 20.2. The van der Waals surface area contributed by atoms with Crippen molar-refractivity contribution in [1.29, 1.82) is 0 Å². The van der Waals surface area contributed by atoms with Crippen molar-refractivity contribution >= 4 is 17.9 Å². The van der Waals surface area contributed by atoms with Crippen LogP contribution in [0.15, 0.2) is 12.7 Å². The van der Waals surface area contributed by atoms with Gasteiger partial charge in [-0.1, -0.05) is 6.58 Å². The zero-order valence-electron chi connectivity index (χ0n) is 17.4. The molecule has 2 aliphatic carbocycles. The first-order valence-corrected chi connectivity index (χ1v) is 10.7. The average molecular weight is 411 g/mol. The Bertz CT molecular complexity index is 543. The number of hydrogen-bond donors (Lipinski definition) is 0. The third kappa shape index (κ3) is 7.80. The van der Waals surface area contributed by atoms with Crippen LogP contribution in [0, 0.1) is 23.7 Å². The Morgan fingerprint density at radius 3 is 1.72 bits per heavy atom. The van der Waals surface area contributed by atoms with Gasteiger partial charge in [0.05, 0.1) is 32.2 Å². The van der Waals surface area contributed by atoms with Crippen molar-refractivity contribution in [2.45, 2.75) is 51.4 Å². The van der Waals surface area contributed by atoms with Crippen molar-refractivity contribution in [2.24, 2.45) is 23.7 Å². The summed E-state index contributed by atoms with van der Waals surface area (Å²) >= 11 is 0. The molecule has 0 saturated heterocycles. The molecular formula is C22H34O7. The molecule has 0 atom stereocenters. The number of hydrogen-bond acceptors (Lipinski definition) is 7. The van der Waals surface area contributed by atoms with Crippen LogP contribution < -0.4 is 0 Å². The normalized spacial score (nSPS) is 26.9. The smallest absolute Gasteiger partial charge is 0.330 e. The van der Waals surface area contributed by atoms with Crippen molar-refractivity contribution in [1.82, 2.24) is 0 Å². The van der Waals surface area contributed by atoms with Gasteiger partial charge in [0.2, 0.25) is 0 Å². The second-order valence-corrected chi connectivity index (χ2v) is 7.90. The quantitative estimate of drug-likeness (QED) is 0.237. The molecule has 2 rings (SSSR count). The number of esters is 3. The highest BCUT2D eigenvalue weighted by molar-refractivity contribution is 5.81. The lowest BCUT2D eigenvalue weighted by Crippen LogP contribution is -2.31. The zero-order valence-corrected chi connectivity index (χ0v) is 17.4. The van der Waals surface area contributed by atoms with E-state index in [9.17, 15) is 14.4 Å². The topological polar surface area (TPSA) is 88.1 Å². The van der Waals surface area contributed by atoms with Gasteiger partial charge in [-0.25, -0.2) is 4.79 Å². The predicted octanol–water partition coefficient (Wildman–Crippen LogP) is 3.06. The van der Waals surface area contributed by atoms with E-state index in [1.165, 1.54) is 7.11 Å². The summed E-state index contributed by atoms with van der Waals surface area (Å²) in [6.07, 6.45) is 8.97. The summed E-state index contributed by atoms with van der Waals surface area (Å²) in [5.41, 5.74) is 0. The Labute approximate surface area is 173 Å². The van der Waals surface area contributed by atoms with Gasteiger partial charge < -0.3 is 18.9 Å². The van der Waals surface area contributed by atoms with Gasteiger partial charge in [0.1, 0.15) is 13.2 Å². The molecule has 164 valence electrons. The van der Waals surface area contributed by atoms with E-state index in [2.05, 4.69) is 6.58 Å². The maximum Gasteiger partial charge on any atom is 0.330 e. The highest BCUT2D eigenvalue weighted by Crippen LogP contribution is 2.41. The van der Waals surface area contributed by atoms with Gasteiger partial charge in [-0.15, -0.1) is 0 Å². The van der Waals surface area contributed by atoms with E-state index in [1.54, 1.807) is 0 Å². The highest BCUT2D eigenvalue weighted by Gasteiger charge is 2.35. The molecule has 2 aliphatic rings. The largest absolute Gasteiger partial charge is 0.469 e. The van der Waals surface area contributed by atoms with Crippen LogP contribution in [0.25, 0.3) is 0 Å². The van der Waals surface area contributed by atoms with Gasteiger partial charge in [0.15, 0.2) is 0 Å². The first-order chi connectivity index (χ1) is 14.0. The van der Waals surface area contributed by atoms with Crippen LogP contribution in [0.1, 0.15) is 51.4 Å². The van der Waals surface area contributed by atoms with Crippen molar-refractivity contribution in [3.05, 3.63) is 12.7 Å². The van der Waals surface area contributed by atoms with Crippen LogP contribution in [-0.4, -0.2) is 51.4 Å². The molecule has 2 saturated carbocycles. The summed E-state index contributed by atoms with van der Waals surface area (Å²) in [7, 11) is 1.46. The molecule has 0 aromatic heterocycles. The predicted molar refractivity (Wildman–Crippen MR) is 106 cm³/mol. The molecule has 0 unspecified atom stereocenters. The maximum atomic E-state index is 12.2. The van der Waals surface area contributed by atoms with Crippen molar-refractivity contribution < 1.29 is 33.3 Å². The lowest BCUT2D eigenvalue weighted by molar-refractivity contribution is -0.152. The van der Waals surface area contributed by atoms with Crippen molar-refractivity contribution in [2.75, 3.05) is 33.5 Å². The minimum Gasteiger partial charge on any atom is -0.469 e. The molecule has 7 nitrogen and oxygen atoms in total. The van der Waals surface area contributed by atoms with Crippen LogP contribution in [0.4, 0.5) is 0 Å². The van der Waals surface area contributed by atoms with E-state index < -0.39 is 5.97 Å². The van der Waals surface area contributed by atoms with Gasteiger partial charge in [0, 0.05) is 6.08 Å². The van der Waals surface area contributed by atoms with Crippen LogP contribution in [0.3, 0.4) is 0 Å². The molecule has 7 heteroatoms. The fourth-order valence-electron chi connectivity index (χ4n) is 4.50. The zero-order chi connectivity index (χ0) is 21.1. The highest BCUT2D eigenvalue weighted by atomic mass is 16.6. The van der Waals surface area contributed by atoms with Gasteiger partial charge in [-0.3, -0.25) is 9.59 Å². The maximum absolute atomic E-state index is 12.2. The molecule has 0 radical (unpaired) electrons. The Morgan fingerprint density at radius 2 is 1.24 bits per heavy atom. The van der Waals surface area contributed by atoms with E-state index in [-0.39, 0.29) is 50.2 Å². The first kappa shape index (κ1) is 23.4. The fourth-order valence-corrected chi connectivity index (χ4v) is 4.50. The number of rotatable bonds is 10. The van der Waals surface area contributed by atoms with Crippen LogP contribution in [0.2, 0.25) is 0 Å². The van der Waals surface area contributed by atoms with E-state index in [1.807, 2.05) is 0 Å². The molecule has 2 fully saturated rings. The number of carbonyl (C=O) groups is 3. The molecule has 0 heterocycles. The molecule has 0 aliphatic heterocycles. The molecule has 29 heavy (non-hydrogen) atoms. The SMILES string of the molecule is C=CC(=O)OCCOCCOC(=O)C1CCC(C2CCC(C(=O)OC)CC2)CC1. The number of carbonyl (C=O) groups excluding carboxylic acids is 3. The van der Waals surface area contributed by atoms with Crippen molar-refractivity contribution in [3.63, 3.8) is 0 Å². The van der Waals surface area contributed by atoms with E-state index in [0.29, 0.717) is 11.8 Å². The molecule has 0 bridgehead atoms. The monoisotopic (exact) mass is 410 g/mol. The average Bonchev–Trinajstić information content (AvgIpc) is 2.77. The summed E-state index contributed by atoms with van der Waals surface area (Å²) in [5.74, 6) is 0.670. The van der Waals surface area contributed by atoms with Gasteiger partial charge in [0.25, 0.3) is 0 Å². The molecular weight excluding hydrogens is 376 g/mol. The minimum atomic E-state index is -0.480. The van der Waals surface area contributed by atoms with Crippen molar-refractivity contribution in [3.8, 4) is 0 Å². The van der Waals surface area contributed by atoms with E-state index in [0.717, 1.165) is 57.4 Å². The summed E-state index contributed by atoms with van der Waals surface area (Å²) in [6.45, 7) is 4.23. The Kier molecular flexibility index (Phi) is 10.2. The minimum absolute atomic E-state index is 0.0220. The van der Waals surface area contributed by atoms with Gasteiger partial charge >= 0.3 is 17.9 Å². The van der Waals surface area contributed by atoms with Crippen LogP contribution in [-0.2, 0) is 33.3 Å². The second kappa shape index (κ2) is 12.6. The lowest BCUT2D eigenvalue weighted by Gasteiger charge is -2.36. The standard InChI is InChI=1S/C22H34O7/c1-3-20(23)28-14-12-27-13-15-29-22(25)19-10-6-17(7-11-19)16-4-8-18(9-5-16)21(24)26-2/h3,16-19H,1,4-15H2,2H3. The van der Waals surface area contributed by atoms with Crippen LogP contribution in [0.5, 0.6) is 0 Å². The summed E-state index contributed by atoms with van der Waals surface area (Å²) in [6, 6.07) is 0. The molecule has 0 amide bonds. The molecule has 0 spiro atoms. The summed E-state index contributed by atoms with van der Waals surface area (Å²) in [5, 5.41) is 0. The number of methoxy groups -OCH3 is 1. The molecule has 0 aromatic carbocycles. The number of ether oxygens (including phenoxy) is 4. The third-order valence-electron chi connectivity index (χ3n) is 6.19. The Morgan fingerprint density at radius 1 is 0.759 bits per heavy atom. The second-order valence-electron chi connectivity index (χ2n) is 7.90. The lowest BCUT2D eigenvalue weighted by atomic mass is 9.69. The first-order valence-electron chi connectivity index (χ1n) is 10.7. The summed E-state index contributed by atoms with van der Waals surface area (Å²) in [4.78, 5) is 34.8.